The van der Waals surface area contributed by atoms with Crippen LogP contribution in [0.4, 0.5) is 0 Å². The van der Waals surface area contributed by atoms with Gasteiger partial charge in [-0.25, -0.2) is 4.79 Å². The molecule has 2 amide bonds. The van der Waals surface area contributed by atoms with E-state index in [2.05, 4.69) is 16.7 Å². The van der Waals surface area contributed by atoms with Gasteiger partial charge >= 0.3 is 23.9 Å². The summed E-state index contributed by atoms with van der Waals surface area (Å²) >= 11 is 0. The van der Waals surface area contributed by atoms with Crippen LogP contribution >= 0.6 is 0 Å². The number of allylic oxidation sites excluding steroid dienone is 11. The SMILES string of the molecule is N[C@@H](CC(=O)O)C(=O)N[C@@H](CC(=O)O)C(=O)N[C@@H](CC(=O)O)C(=O)CCCCCCCCCC=CC=CC=CC=CC=CC=CC(=O)O. The van der Waals surface area contributed by atoms with Crippen LogP contribution in [0, 0.1) is 0 Å². The summed E-state index contributed by atoms with van der Waals surface area (Å²) in [6.07, 6.45) is 25.8. The number of carboxylic acid groups (broad SMARTS) is 4. The predicted octanol–water partition coefficient (Wildman–Crippen LogP) is 3.21. The number of unbranched alkanes of at least 4 members (excludes halogenated alkanes) is 7. The number of carbonyl (C=O) groups excluding carboxylic acids is 3. The molecule has 48 heavy (non-hydrogen) atoms. The zero-order chi connectivity index (χ0) is 36.2. The fourth-order valence-corrected chi connectivity index (χ4v) is 4.08. The van der Waals surface area contributed by atoms with Crippen molar-refractivity contribution in [1.29, 1.82) is 0 Å². The minimum Gasteiger partial charge on any atom is -0.481 e. The van der Waals surface area contributed by atoms with Gasteiger partial charge in [-0.15, -0.1) is 0 Å². The predicted molar refractivity (Wildman–Crippen MR) is 178 cm³/mol. The van der Waals surface area contributed by atoms with Crippen molar-refractivity contribution in [2.24, 2.45) is 5.73 Å². The number of rotatable bonds is 27. The summed E-state index contributed by atoms with van der Waals surface area (Å²) < 4.78 is 0. The lowest BCUT2D eigenvalue weighted by Gasteiger charge is -2.22. The van der Waals surface area contributed by atoms with Crippen molar-refractivity contribution in [2.75, 3.05) is 0 Å². The van der Waals surface area contributed by atoms with E-state index >= 15 is 0 Å². The average molecular weight is 674 g/mol. The second-order valence-corrected chi connectivity index (χ2v) is 10.7. The Balaban J connectivity index is 4.42. The molecule has 0 saturated carbocycles. The van der Waals surface area contributed by atoms with Crippen LogP contribution in [-0.4, -0.2) is 80.0 Å². The lowest BCUT2D eigenvalue weighted by molar-refractivity contribution is -0.143. The van der Waals surface area contributed by atoms with Crippen LogP contribution in [0.25, 0.3) is 0 Å². The summed E-state index contributed by atoms with van der Waals surface area (Å²) in [7, 11) is 0. The third kappa shape index (κ3) is 25.1. The van der Waals surface area contributed by atoms with Gasteiger partial charge in [-0.3, -0.25) is 28.8 Å². The first-order chi connectivity index (χ1) is 22.8. The van der Waals surface area contributed by atoms with Gasteiger partial charge in [-0.1, -0.05) is 98.9 Å². The third-order valence-corrected chi connectivity index (χ3v) is 6.50. The number of amides is 2. The number of Topliss-reactive ketones (excluding diaryl/α,β-unsaturated/α-hetero) is 1. The lowest BCUT2D eigenvalue weighted by atomic mass is 10.0. The van der Waals surface area contributed by atoms with Gasteiger partial charge in [0.25, 0.3) is 0 Å². The molecule has 0 spiro atoms. The zero-order valence-electron chi connectivity index (χ0n) is 26.9. The van der Waals surface area contributed by atoms with E-state index < -0.39 is 78.9 Å². The Morgan fingerprint density at radius 3 is 1.48 bits per heavy atom. The van der Waals surface area contributed by atoms with Gasteiger partial charge in [0.1, 0.15) is 6.04 Å². The molecule has 0 bridgehead atoms. The first-order valence-corrected chi connectivity index (χ1v) is 15.6. The average Bonchev–Trinajstić information content (AvgIpc) is 2.99. The Kier molecular flexibility index (Phi) is 24.2. The van der Waals surface area contributed by atoms with Crippen molar-refractivity contribution < 1.29 is 54.0 Å². The number of nitrogens with one attached hydrogen (secondary N) is 2. The Hall–Kier alpha value is -5.11. The van der Waals surface area contributed by atoms with Crippen molar-refractivity contribution in [1.82, 2.24) is 10.6 Å². The summed E-state index contributed by atoms with van der Waals surface area (Å²) in [6.45, 7) is 0. The standard InChI is InChI=1S/C34H47N3O11/c35-25(22-30(41)42)33(47)37-27(24-32(45)46)34(48)36-26(23-31(43)44)28(38)20-18-16-14-12-10-8-6-4-2-1-3-5-7-9-11-13-15-17-19-21-29(39)40/h1-3,5,7,9,11,13,15,17,19,21,25-27H,4,6,8,10,12,14,16,18,20,22-24,35H2,(H,36,48)(H,37,47)(H,39,40)(H,41,42)(H,43,44)(H,45,46)/t25-,26-,27-/m0/s1. The molecule has 14 nitrogen and oxygen atoms in total. The Labute approximate surface area is 279 Å². The zero-order valence-corrected chi connectivity index (χ0v) is 26.9. The maximum absolute atomic E-state index is 12.7. The molecule has 0 rings (SSSR count). The molecule has 0 aliphatic heterocycles. The molecule has 264 valence electrons. The van der Waals surface area contributed by atoms with Crippen LogP contribution in [0.15, 0.2) is 72.9 Å². The van der Waals surface area contributed by atoms with Gasteiger partial charge in [-0.2, -0.15) is 0 Å². The van der Waals surface area contributed by atoms with E-state index in [1.54, 1.807) is 18.2 Å². The second-order valence-electron chi connectivity index (χ2n) is 10.7. The van der Waals surface area contributed by atoms with Crippen LogP contribution in [0.1, 0.15) is 77.0 Å². The van der Waals surface area contributed by atoms with E-state index in [1.807, 2.05) is 36.5 Å². The number of carboxylic acids is 4. The number of nitrogens with two attached hydrogens (primary N) is 1. The minimum absolute atomic E-state index is 0.00466. The van der Waals surface area contributed by atoms with E-state index in [9.17, 15) is 38.7 Å². The fourth-order valence-electron chi connectivity index (χ4n) is 4.08. The topological polar surface area (TPSA) is 250 Å². The molecule has 14 heteroatoms. The van der Waals surface area contributed by atoms with E-state index in [4.69, 9.17) is 21.1 Å². The third-order valence-electron chi connectivity index (χ3n) is 6.50. The lowest BCUT2D eigenvalue weighted by Crippen LogP contribution is -2.55. The van der Waals surface area contributed by atoms with E-state index in [0.29, 0.717) is 6.42 Å². The maximum atomic E-state index is 12.7. The molecule has 0 radical (unpaired) electrons. The summed E-state index contributed by atoms with van der Waals surface area (Å²) in [4.78, 5) is 81.2. The quantitative estimate of drug-likeness (QED) is 0.0377. The van der Waals surface area contributed by atoms with Crippen molar-refractivity contribution >= 4 is 41.5 Å². The first kappa shape index (κ1) is 42.9. The summed E-state index contributed by atoms with van der Waals surface area (Å²) in [5, 5.41) is 39.9. The molecule has 0 saturated heterocycles. The van der Waals surface area contributed by atoms with Crippen LogP contribution < -0.4 is 16.4 Å². The van der Waals surface area contributed by atoms with Gasteiger partial charge in [0.2, 0.25) is 11.8 Å². The molecule has 0 heterocycles. The normalized spacial score (nSPS) is 13.9. The Bertz CT molecular complexity index is 1250. The summed E-state index contributed by atoms with van der Waals surface area (Å²) in [5.74, 6) is -7.93. The molecule has 8 N–H and O–H groups in total. The molecule has 0 fully saturated rings. The van der Waals surface area contributed by atoms with Crippen molar-refractivity contribution in [2.45, 2.75) is 95.2 Å². The van der Waals surface area contributed by atoms with Gasteiger partial charge in [-0.05, 0) is 19.3 Å². The Morgan fingerprint density at radius 1 is 0.521 bits per heavy atom. The molecular formula is C34H47N3O11. The highest BCUT2D eigenvalue weighted by molar-refractivity contribution is 5.97. The number of carbonyl (C=O) groups is 7. The van der Waals surface area contributed by atoms with E-state index in [-0.39, 0.29) is 6.42 Å². The highest BCUT2D eigenvalue weighted by atomic mass is 16.4. The monoisotopic (exact) mass is 673 g/mol. The van der Waals surface area contributed by atoms with Gasteiger partial charge in [0.05, 0.1) is 31.3 Å². The molecule has 0 unspecified atom stereocenters. The van der Waals surface area contributed by atoms with E-state index in [1.165, 1.54) is 6.08 Å². The highest BCUT2D eigenvalue weighted by Gasteiger charge is 2.31. The number of hydrogen-bond acceptors (Lipinski definition) is 8. The van der Waals surface area contributed by atoms with Gasteiger partial charge < -0.3 is 36.8 Å². The highest BCUT2D eigenvalue weighted by Crippen LogP contribution is 2.12. The minimum atomic E-state index is -1.70. The van der Waals surface area contributed by atoms with Crippen molar-refractivity contribution in [3.05, 3.63) is 72.9 Å². The molecule has 0 aromatic heterocycles. The fraction of sp³-hybridized carbons (Fsp3) is 0.441. The van der Waals surface area contributed by atoms with Crippen LogP contribution in [0.2, 0.25) is 0 Å². The summed E-state index contributed by atoms with van der Waals surface area (Å²) in [6, 6.07) is -4.69. The van der Waals surface area contributed by atoms with E-state index in [0.717, 1.165) is 51.0 Å². The number of ketones is 1. The summed E-state index contributed by atoms with van der Waals surface area (Å²) in [5.41, 5.74) is 5.46. The van der Waals surface area contributed by atoms with Crippen LogP contribution in [0.3, 0.4) is 0 Å². The molecule has 0 aliphatic carbocycles. The number of hydrogen-bond donors (Lipinski definition) is 7. The smallest absolute Gasteiger partial charge is 0.328 e. The molecule has 0 aliphatic rings. The van der Waals surface area contributed by atoms with Crippen LogP contribution in [-0.2, 0) is 33.6 Å². The molecule has 3 atom stereocenters. The number of aliphatic carboxylic acids is 4. The molecular weight excluding hydrogens is 626 g/mol. The van der Waals surface area contributed by atoms with Crippen LogP contribution in [0.5, 0.6) is 0 Å². The largest absolute Gasteiger partial charge is 0.481 e. The molecule has 0 aromatic rings. The maximum Gasteiger partial charge on any atom is 0.328 e. The van der Waals surface area contributed by atoms with Crippen molar-refractivity contribution in [3.8, 4) is 0 Å². The van der Waals surface area contributed by atoms with Gasteiger partial charge in [0.15, 0.2) is 5.78 Å². The Morgan fingerprint density at radius 2 is 0.958 bits per heavy atom. The second kappa shape index (κ2) is 27.0. The molecule has 0 aromatic carbocycles. The first-order valence-electron chi connectivity index (χ1n) is 15.6. The van der Waals surface area contributed by atoms with Crippen molar-refractivity contribution in [3.63, 3.8) is 0 Å². The van der Waals surface area contributed by atoms with Gasteiger partial charge in [0, 0.05) is 12.5 Å².